The van der Waals surface area contributed by atoms with E-state index in [2.05, 4.69) is 43.4 Å². The minimum absolute atomic E-state index is 0.108. The summed E-state index contributed by atoms with van der Waals surface area (Å²) in [7, 11) is 0. The number of alkyl halides is 1. The second-order valence-corrected chi connectivity index (χ2v) is 6.70. The van der Waals surface area contributed by atoms with Crippen LogP contribution in [-0.4, -0.2) is 29.8 Å². The molecule has 96 valence electrons. The topological polar surface area (TPSA) is 18.5 Å². The van der Waals surface area contributed by atoms with Gasteiger partial charge in [0.15, 0.2) is 0 Å². The molecule has 0 N–H and O–H groups in total. The van der Waals surface area contributed by atoms with Gasteiger partial charge in [0, 0.05) is 37.1 Å². The van der Waals surface area contributed by atoms with Gasteiger partial charge in [-0.3, -0.25) is 0 Å². The first-order valence-electron chi connectivity index (χ1n) is 6.25. The lowest BCUT2D eigenvalue weighted by atomic mass is 9.90. The monoisotopic (exact) mass is 340 g/mol. The summed E-state index contributed by atoms with van der Waals surface area (Å²) in [5.41, 5.74) is 0.535. The van der Waals surface area contributed by atoms with Crippen molar-refractivity contribution in [3.8, 4) is 0 Å². The Morgan fingerprint density at radius 1 is 1.25 bits per heavy atom. The largest absolute Gasteiger partial charge is 0.381 e. The lowest BCUT2D eigenvalue weighted by Gasteiger charge is -2.36. The summed E-state index contributed by atoms with van der Waals surface area (Å²) in [5.74, 6) is 0. The number of ether oxygens (including phenoxy) is 2. The molecular weight excluding hydrogens is 315 g/mol. The molecule has 0 aliphatic carbocycles. The van der Waals surface area contributed by atoms with Gasteiger partial charge in [0.05, 0.1) is 5.60 Å². The minimum atomic E-state index is 0.108. The number of hydrogen-bond acceptors (Lipinski definition) is 2. The molecule has 0 atom stereocenters. The third kappa shape index (κ3) is 5.32. The molecule has 1 aliphatic rings. The maximum absolute atomic E-state index is 6.13. The Hall–Kier alpha value is 0.650. The second kappa shape index (κ2) is 6.55. The summed E-state index contributed by atoms with van der Waals surface area (Å²) in [6.07, 6.45) is 4.53. The van der Waals surface area contributed by atoms with Gasteiger partial charge in [0.25, 0.3) is 0 Å². The van der Waals surface area contributed by atoms with E-state index >= 15 is 0 Å². The average Bonchev–Trinajstić information content (AvgIpc) is 2.25. The van der Waals surface area contributed by atoms with Gasteiger partial charge in [0.2, 0.25) is 0 Å². The lowest BCUT2D eigenvalue weighted by molar-refractivity contribution is -0.0958. The number of rotatable bonds is 5. The van der Waals surface area contributed by atoms with E-state index < -0.39 is 0 Å². The molecule has 16 heavy (non-hydrogen) atoms. The SMILES string of the molecule is CC(C)(C)CCCOC1(CI)CCOCC1. The molecule has 1 heterocycles. The first kappa shape index (κ1) is 14.7. The van der Waals surface area contributed by atoms with Gasteiger partial charge in [-0.2, -0.15) is 0 Å². The molecule has 3 heteroatoms. The van der Waals surface area contributed by atoms with Gasteiger partial charge in [0.1, 0.15) is 0 Å². The maximum Gasteiger partial charge on any atom is 0.0815 e. The van der Waals surface area contributed by atoms with Crippen LogP contribution in [0.3, 0.4) is 0 Å². The van der Waals surface area contributed by atoms with E-state index in [0.717, 1.165) is 37.1 Å². The van der Waals surface area contributed by atoms with Crippen molar-refractivity contribution in [3.63, 3.8) is 0 Å². The molecule has 0 spiro atoms. The van der Waals surface area contributed by atoms with Gasteiger partial charge < -0.3 is 9.47 Å². The van der Waals surface area contributed by atoms with E-state index in [4.69, 9.17) is 9.47 Å². The highest BCUT2D eigenvalue weighted by Gasteiger charge is 2.32. The Kier molecular flexibility index (Phi) is 6.02. The quantitative estimate of drug-likeness (QED) is 0.430. The molecule has 0 aromatic heterocycles. The van der Waals surface area contributed by atoms with Crippen LogP contribution in [0.4, 0.5) is 0 Å². The Morgan fingerprint density at radius 2 is 1.88 bits per heavy atom. The van der Waals surface area contributed by atoms with Gasteiger partial charge in [-0.1, -0.05) is 43.4 Å². The van der Waals surface area contributed by atoms with Crippen LogP contribution in [0.5, 0.6) is 0 Å². The van der Waals surface area contributed by atoms with Crippen molar-refractivity contribution in [2.45, 2.75) is 52.1 Å². The zero-order chi connectivity index (χ0) is 12.1. The fourth-order valence-electron chi connectivity index (χ4n) is 1.95. The van der Waals surface area contributed by atoms with Gasteiger partial charge >= 0.3 is 0 Å². The van der Waals surface area contributed by atoms with E-state index in [0.29, 0.717) is 5.41 Å². The molecule has 0 saturated carbocycles. The van der Waals surface area contributed by atoms with Crippen molar-refractivity contribution in [1.29, 1.82) is 0 Å². The normalized spacial score (nSPS) is 21.0. The fraction of sp³-hybridized carbons (Fsp3) is 1.00. The van der Waals surface area contributed by atoms with Gasteiger partial charge in [-0.25, -0.2) is 0 Å². The molecular formula is C13H25IO2. The number of hydrogen-bond donors (Lipinski definition) is 0. The van der Waals surface area contributed by atoms with Crippen molar-refractivity contribution < 1.29 is 9.47 Å². The standard InChI is InChI=1S/C13H25IO2/c1-12(2,3)5-4-8-16-13(11-14)6-9-15-10-7-13/h4-11H2,1-3H3. The van der Waals surface area contributed by atoms with Crippen LogP contribution in [0.15, 0.2) is 0 Å². The zero-order valence-electron chi connectivity index (χ0n) is 10.9. The maximum atomic E-state index is 6.13. The molecule has 0 aromatic carbocycles. The average molecular weight is 340 g/mol. The van der Waals surface area contributed by atoms with Crippen LogP contribution < -0.4 is 0 Å². The van der Waals surface area contributed by atoms with Crippen LogP contribution in [-0.2, 0) is 9.47 Å². The number of halogens is 1. The fourth-order valence-corrected chi connectivity index (χ4v) is 2.93. The van der Waals surface area contributed by atoms with E-state index in [-0.39, 0.29) is 5.60 Å². The van der Waals surface area contributed by atoms with Crippen molar-refractivity contribution in [2.24, 2.45) is 5.41 Å². The van der Waals surface area contributed by atoms with Crippen LogP contribution in [0.2, 0.25) is 0 Å². The summed E-state index contributed by atoms with van der Waals surface area (Å²) in [5, 5.41) is 0. The highest BCUT2D eigenvalue weighted by atomic mass is 127. The zero-order valence-corrected chi connectivity index (χ0v) is 13.0. The smallest absolute Gasteiger partial charge is 0.0815 e. The van der Waals surface area contributed by atoms with E-state index in [1.807, 2.05) is 0 Å². The third-order valence-corrected chi connectivity index (χ3v) is 4.52. The molecule has 1 saturated heterocycles. The Labute approximate surface area is 114 Å². The molecule has 0 radical (unpaired) electrons. The van der Waals surface area contributed by atoms with Crippen molar-refractivity contribution in [1.82, 2.24) is 0 Å². The predicted molar refractivity (Wildman–Crippen MR) is 76.3 cm³/mol. The highest BCUT2D eigenvalue weighted by molar-refractivity contribution is 14.1. The summed E-state index contributed by atoms with van der Waals surface area (Å²) >= 11 is 2.45. The first-order valence-corrected chi connectivity index (χ1v) is 7.78. The molecule has 0 aromatic rings. The van der Waals surface area contributed by atoms with Crippen molar-refractivity contribution >= 4 is 22.6 Å². The predicted octanol–water partition coefficient (Wildman–Crippen LogP) is 3.81. The third-order valence-electron chi connectivity index (χ3n) is 3.13. The van der Waals surface area contributed by atoms with Crippen LogP contribution in [0.1, 0.15) is 46.5 Å². The minimum Gasteiger partial charge on any atom is -0.381 e. The first-order chi connectivity index (χ1) is 7.47. The molecule has 0 amide bonds. The Balaban J connectivity index is 2.23. The lowest BCUT2D eigenvalue weighted by Crippen LogP contribution is -2.41. The summed E-state index contributed by atoms with van der Waals surface area (Å²) in [6.45, 7) is 9.49. The van der Waals surface area contributed by atoms with Crippen LogP contribution in [0.25, 0.3) is 0 Å². The van der Waals surface area contributed by atoms with E-state index in [1.54, 1.807) is 0 Å². The molecule has 0 bridgehead atoms. The van der Waals surface area contributed by atoms with Crippen molar-refractivity contribution in [2.75, 3.05) is 24.2 Å². The van der Waals surface area contributed by atoms with Gasteiger partial charge in [-0.05, 0) is 18.3 Å². The Bertz CT molecular complexity index is 193. The van der Waals surface area contributed by atoms with Crippen LogP contribution in [0, 0.1) is 5.41 Å². The molecule has 2 nitrogen and oxygen atoms in total. The second-order valence-electron chi connectivity index (χ2n) is 5.94. The van der Waals surface area contributed by atoms with Gasteiger partial charge in [-0.15, -0.1) is 0 Å². The highest BCUT2D eigenvalue weighted by Crippen LogP contribution is 2.28. The summed E-state index contributed by atoms with van der Waals surface area (Å²) in [4.78, 5) is 0. The Morgan fingerprint density at radius 3 is 2.38 bits per heavy atom. The van der Waals surface area contributed by atoms with E-state index in [9.17, 15) is 0 Å². The van der Waals surface area contributed by atoms with E-state index in [1.165, 1.54) is 12.8 Å². The van der Waals surface area contributed by atoms with Crippen LogP contribution >= 0.6 is 22.6 Å². The molecule has 1 fully saturated rings. The summed E-state index contributed by atoms with van der Waals surface area (Å²) in [6, 6.07) is 0. The summed E-state index contributed by atoms with van der Waals surface area (Å²) < 4.78 is 12.6. The molecule has 1 rings (SSSR count). The molecule has 0 unspecified atom stereocenters. The van der Waals surface area contributed by atoms with Crippen molar-refractivity contribution in [3.05, 3.63) is 0 Å². The molecule has 1 aliphatic heterocycles.